The predicted molar refractivity (Wildman–Crippen MR) is 96.3 cm³/mol. The molecule has 0 amide bonds. The van der Waals surface area contributed by atoms with Crippen molar-refractivity contribution in [3.8, 4) is 11.3 Å². The lowest BCUT2D eigenvalue weighted by molar-refractivity contribution is 0.580. The number of hydrogen-bond acceptors (Lipinski definition) is 5. The summed E-state index contributed by atoms with van der Waals surface area (Å²) < 4.78 is 26.9. The van der Waals surface area contributed by atoms with E-state index in [0.717, 1.165) is 11.3 Å². The summed E-state index contributed by atoms with van der Waals surface area (Å²) in [5.74, 6) is -0.0923. The Hall–Kier alpha value is -1.80. The number of benzene rings is 1. The number of hydrogen-bond donors (Lipinski definition) is 1. The van der Waals surface area contributed by atoms with E-state index in [9.17, 15) is 8.42 Å². The molecule has 0 spiro atoms. The molecule has 0 aliphatic rings. The van der Waals surface area contributed by atoms with Crippen LogP contribution in [0.2, 0.25) is 5.02 Å². The van der Waals surface area contributed by atoms with Crippen molar-refractivity contribution in [2.45, 2.75) is 12.3 Å². The zero-order valence-corrected chi connectivity index (χ0v) is 14.9. The molecule has 3 rings (SSSR count). The first-order valence-corrected chi connectivity index (χ1v) is 9.99. The average Bonchev–Trinajstić information content (AvgIpc) is 3.05. The van der Waals surface area contributed by atoms with Crippen LogP contribution in [0.15, 0.2) is 54.2 Å². The standard InChI is InChI=1S/C16H14ClN3O2S2/c17-14-5-3-12(4-6-14)11-24(21,22)19-9-16-20-15(10-23-16)13-2-1-7-18-8-13/h1-8,10,19H,9,11H2. The summed E-state index contributed by atoms with van der Waals surface area (Å²) in [4.78, 5) is 8.49. The van der Waals surface area contributed by atoms with Crippen LogP contribution in [0.5, 0.6) is 0 Å². The molecule has 5 nitrogen and oxygen atoms in total. The first kappa shape index (κ1) is 17.0. The van der Waals surface area contributed by atoms with Crippen molar-refractivity contribution in [1.29, 1.82) is 0 Å². The summed E-state index contributed by atoms with van der Waals surface area (Å²) in [5, 5.41) is 3.17. The fourth-order valence-electron chi connectivity index (χ4n) is 2.06. The van der Waals surface area contributed by atoms with E-state index in [1.807, 2.05) is 17.5 Å². The molecule has 0 aliphatic carbocycles. The molecule has 0 radical (unpaired) electrons. The van der Waals surface area contributed by atoms with Crippen LogP contribution in [0, 0.1) is 0 Å². The van der Waals surface area contributed by atoms with Gasteiger partial charge in [-0.15, -0.1) is 11.3 Å². The lowest BCUT2D eigenvalue weighted by Crippen LogP contribution is -2.24. The Kier molecular flexibility index (Phi) is 5.25. The molecule has 2 heterocycles. The molecule has 1 aromatic carbocycles. The third kappa shape index (κ3) is 4.61. The molecule has 8 heteroatoms. The maximum Gasteiger partial charge on any atom is 0.216 e. The molecule has 0 saturated heterocycles. The SMILES string of the molecule is O=S(=O)(Cc1ccc(Cl)cc1)NCc1nc(-c2cccnc2)cs1. The number of sulfonamides is 1. The average molecular weight is 380 g/mol. The van der Waals surface area contributed by atoms with E-state index in [2.05, 4.69) is 14.7 Å². The van der Waals surface area contributed by atoms with Gasteiger partial charge in [-0.2, -0.15) is 0 Å². The second-order valence-electron chi connectivity index (χ2n) is 5.07. The van der Waals surface area contributed by atoms with Gasteiger partial charge in [0.2, 0.25) is 10.0 Å². The van der Waals surface area contributed by atoms with Gasteiger partial charge < -0.3 is 0 Å². The fraction of sp³-hybridized carbons (Fsp3) is 0.125. The number of thiazole rings is 1. The second-order valence-corrected chi connectivity index (χ2v) is 8.26. The summed E-state index contributed by atoms with van der Waals surface area (Å²) in [6.45, 7) is 0.168. The second kappa shape index (κ2) is 7.40. The molecule has 0 atom stereocenters. The Morgan fingerprint density at radius 3 is 2.67 bits per heavy atom. The monoisotopic (exact) mass is 379 g/mol. The number of nitrogens with one attached hydrogen (secondary N) is 1. The summed E-state index contributed by atoms with van der Waals surface area (Å²) in [5.41, 5.74) is 2.38. The van der Waals surface area contributed by atoms with Crippen LogP contribution in [0.25, 0.3) is 11.3 Å². The molecule has 3 aromatic rings. The Morgan fingerprint density at radius 2 is 1.96 bits per heavy atom. The largest absolute Gasteiger partial charge is 0.264 e. The van der Waals surface area contributed by atoms with Crippen molar-refractivity contribution in [2.24, 2.45) is 0 Å². The normalized spacial score (nSPS) is 11.5. The van der Waals surface area contributed by atoms with Gasteiger partial charge in [-0.05, 0) is 29.8 Å². The summed E-state index contributed by atoms with van der Waals surface area (Å²) >= 11 is 7.21. The summed E-state index contributed by atoms with van der Waals surface area (Å²) in [7, 11) is -3.44. The smallest absolute Gasteiger partial charge is 0.216 e. The van der Waals surface area contributed by atoms with Crippen LogP contribution in [0.1, 0.15) is 10.6 Å². The van der Waals surface area contributed by atoms with Crippen LogP contribution in [-0.2, 0) is 22.3 Å². The van der Waals surface area contributed by atoms with Crippen molar-refractivity contribution in [3.63, 3.8) is 0 Å². The molecule has 0 unspecified atom stereocenters. The highest BCUT2D eigenvalue weighted by molar-refractivity contribution is 7.88. The fourth-order valence-corrected chi connectivity index (χ4v) is 4.11. The van der Waals surface area contributed by atoms with Gasteiger partial charge in [-0.25, -0.2) is 18.1 Å². The van der Waals surface area contributed by atoms with E-state index < -0.39 is 10.0 Å². The van der Waals surface area contributed by atoms with E-state index in [-0.39, 0.29) is 12.3 Å². The summed E-state index contributed by atoms with van der Waals surface area (Å²) in [6, 6.07) is 10.5. The van der Waals surface area contributed by atoms with Gasteiger partial charge in [0, 0.05) is 28.4 Å². The highest BCUT2D eigenvalue weighted by atomic mass is 35.5. The number of halogens is 1. The first-order valence-electron chi connectivity index (χ1n) is 7.08. The topological polar surface area (TPSA) is 72.0 Å². The molecule has 0 bridgehead atoms. The molecule has 124 valence electrons. The molecule has 2 aromatic heterocycles. The molecule has 0 saturated carbocycles. The highest BCUT2D eigenvalue weighted by Gasteiger charge is 2.13. The molecule has 24 heavy (non-hydrogen) atoms. The van der Waals surface area contributed by atoms with Gasteiger partial charge in [0.25, 0.3) is 0 Å². The van der Waals surface area contributed by atoms with Gasteiger partial charge in [0.1, 0.15) is 5.01 Å². The van der Waals surface area contributed by atoms with Crippen molar-refractivity contribution in [1.82, 2.24) is 14.7 Å². The number of nitrogens with zero attached hydrogens (tertiary/aromatic N) is 2. The predicted octanol–water partition coefficient (Wildman–Crippen LogP) is 3.48. The van der Waals surface area contributed by atoms with E-state index >= 15 is 0 Å². The minimum absolute atomic E-state index is 0.0923. The van der Waals surface area contributed by atoms with Gasteiger partial charge >= 0.3 is 0 Å². The molecular weight excluding hydrogens is 366 g/mol. The molecule has 0 fully saturated rings. The van der Waals surface area contributed by atoms with Crippen LogP contribution < -0.4 is 4.72 Å². The van der Waals surface area contributed by atoms with Crippen molar-refractivity contribution >= 4 is 33.0 Å². The lowest BCUT2D eigenvalue weighted by Gasteiger charge is -2.05. The minimum atomic E-state index is -3.44. The summed E-state index contributed by atoms with van der Waals surface area (Å²) in [6.07, 6.45) is 3.42. The Morgan fingerprint density at radius 1 is 1.17 bits per heavy atom. The first-order chi connectivity index (χ1) is 11.5. The molecular formula is C16H14ClN3O2S2. The Balaban J connectivity index is 1.63. The maximum atomic E-state index is 12.2. The maximum absolute atomic E-state index is 12.2. The minimum Gasteiger partial charge on any atom is -0.264 e. The Bertz CT molecular complexity index is 910. The van der Waals surface area contributed by atoms with Crippen LogP contribution in [0.4, 0.5) is 0 Å². The van der Waals surface area contributed by atoms with Gasteiger partial charge in [-0.1, -0.05) is 23.7 Å². The van der Waals surface area contributed by atoms with Gasteiger partial charge in [-0.3, -0.25) is 4.98 Å². The third-order valence-electron chi connectivity index (χ3n) is 3.22. The Labute approximate surface area is 149 Å². The number of rotatable bonds is 6. The van der Waals surface area contributed by atoms with E-state index in [4.69, 9.17) is 11.6 Å². The van der Waals surface area contributed by atoms with E-state index in [1.54, 1.807) is 36.7 Å². The quantitative estimate of drug-likeness (QED) is 0.711. The van der Waals surface area contributed by atoms with Crippen molar-refractivity contribution in [2.75, 3.05) is 0 Å². The zero-order valence-electron chi connectivity index (χ0n) is 12.5. The highest BCUT2D eigenvalue weighted by Crippen LogP contribution is 2.21. The van der Waals surface area contributed by atoms with Crippen LogP contribution in [-0.4, -0.2) is 18.4 Å². The van der Waals surface area contributed by atoms with E-state index in [0.29, 0.717) is 15.6 Å². The van der Waals surface area contributed by atoms with Gasteiger partial charge in [0.15, 0.2) is 0 Å². The third-order valence-corrected chi connectivity index (χ3v) is 5.62. The van der Waals surface area contributed by atoms with Crippen LogP contribution in [0.3, 0.4) is 0 Å². The number of aromatic nitrogens is 2. The van der Waals surface area contributed by atoms with Crippen LogP contribution >= 0.6 is 22.9 Å². The number of pyridine rings is 1. The van der Waals surface area contributed by atoms with E-state index in [1.165, 1.54) is 11.3 Å². The molecule has 1 N–H and O–H groups in total. The van der Waals surface area contributed by atoms with Crippen molar-refractivity contribution < 1.29 is 8.42 Å². The molecule has 0 aliphatic heterocycles. The van der Waals surface area contributed by atoms with Gasteiger partial charge in [0.05, 0.1) is 18.0 Å². The lowest BCUT2D eigenvalue weighted by atomic mass is 10.2. The van der Waals surface area contributed by atoms with Crippen molar-refractivity contribution in [3.05, 3.63) is 69.8 Å². The zero-order chi connectivity index (χ0) is 17.0.